The molecular formula is C11H27N4O2P. The molecule has 0 saturated heterocycles. The standard InChI is InChI=1S/C10H21N2O2P.CH6N2/c1-9(2)12(10(3)4)15(13-5)14-8-6-7-11;1-3-2/h9-10H,6,8H2,1-5H3;3H,2H2,1H3. The summed E-state index contributed by atoms with van der Waals surface area (Å²) in [5.74, 6) is 4.60. The molecule has 1 unspecified atom stereocenters. The summed E-state index contributed by atoms with van der Waals surface area (Å²) in [6, 6.07) is 2.80. The number of hydrogen-bond acceptors (Lipinski definition) is 6. The van der Waals surface area contributed by atoms with Crippen LogP contribution in [0.5, 0.6) is 0 Å². The Morgan fingerprint density at radius 3 is 2.06 bits per heavy atom. The van der Waals surface area contributed by atoms with Gasteiger partial charge >= 0.3 is 0 Å². The van der Waals surface area contributed by atoms with Crippen molar-refractivity contribution in [3.8, 4) is 6.07 Å². The van der Waals surface area contributed by atoms with Crippen LogP contribution in [0.3, 0.4) is 0 Å². The molecule has 0 radical (unpaired) electrons. The Balaban J connectivity index is 0. The van der Waals surface area contributed by atoms with Gasteiger partial charge in [0.25, 0.3) is 8.53 Å². The number of rotatable bonds is 7. The highest BCUT2D eigenvalue weighted by atomic mass is 31.2. The molecule has 0 aromatic heterocycles. The molecular weight excluding hydrogens is 251 g/mol. The molecule has 0 rings (SSSR count). The van der Waals surface area contributed by atoms with E-state index in [4.69, 9.17) is 14.3 Å². The first kappa shape index (κ1) is 20.0. The molecule has 0 fully saturated rings. The maximum atomic E-state index is 8.43. The second kappa shape index (κ2) is 13.2. The predicted octanol–water partition coefficient (Wildman–Crippen LogP) is 1.99. The summed E-state index contributed by atoms with van der Waals surface area (Å²) in [6.45, 7) is 8.89. The van der Waals surface area contributed by atoms with Crippen LogP contribution in [0.4, 0.5) is 0 Å². The van der Waals surface area contributed by atoms with E-state index in [9.17, 15) is 0 Å². The quantitative estimate of drug-likeness (QED) is 0.321. The molecule has 0 aromatic carbocycles. The van der Waals surface area contributed by atoms with Gasteiger partial charge in [-0.3, -0.25) is 11.3 Å². The van der Waals surface area contributed by atoms with E-state index in [2.05, 4.69) is 49.7 Å². The van der Waals surface area contributed by atoms with E-state index < -0.39 is 8.53 Å². The van der Waals surface area contributed by atoms with Crippen LogP contribution in [-0.2, 0) is 9.05 Å². The van der Waals surface area contributed by atoms with E-state index in [1.54, 1.807) is 14.2 Å². The summed E-state index contributed by atoms with van der Waals surface area (Å²) in [5, 5.41) is 8.43. The Morgan fingerprint density at radius 2 is 1.78 bits per heavy atom. The van der Waals surface area contributed by atoms with Gasteiger partial charge in [0.05, 0.1) is 19.1 Å². The van der Waals surface area contributed by atoms with Crippen molar-refractivity contribution in [3.63, 3.8) is 0 Å². The van der Waals surface area contributed by atoms with Crippen LogP contribution < -0.4 is 11.3 Å². The lowest BCUT2D eigenvalue weighted by molar-refractivity contribution is 0.197. The van der Waals surface area contributed by atoms with Crippen molar-refractivity contribution in [3.05, 3.63) is 0 Å². The first-order valence-corrected chi connectivity index (χ1v) is 7.08. The van der Waals surface area contributed by atoms with E-state index in [-0.39, 0.29) is 0 Å². The second-order valence-corrected chi connectivity index (χ2v) is 5.58. The zero-order valence-electron chi connectivity index (χ0n) is 12.3. The minimum absolute atomic E-state index is 0.373. The van der Waals surface area contributed by atoms with Crippen LogP contribution in [-0.4, -0.2) is 37.5 Å². The zero-order chi connectivity index (χ0) is 14.6. The maximum Gasteiger partial charge on any atom is 0.258 e. The molecule has 7 heteroatoms. The third-order valence-electron chi connectivity index (χ3n) is 1.82. The fourth-order valence-corrected chi connectivity index (χ4v) is 2.79. The summed E-state index contributed by atoms with van der Waals surface area (Å²) in [7, 11) is 2.27. The summed E-state index contributed by atoms with van der Waals surface area (Å²) in [5.41, 5.74) is 2.25. The molecule has 3 N–H and O–H groups in total. The molecule has 0 aliphatic rings. The van der Waals surface area contributed by atoms with Gasteiger partial charge < -0.3 is 9.05 Å². The molecule has 0 heterocycles. The second-order valence-electron chi connectivity index (χ2n) is 4.02. The number of hydrazine groups is 1. The highest BCUT2D eigenvalue weighted by molar-refractivity contribution is 7.44. The molecule has 6 nitrogen and oxygen atoms in total. The van der Waals surface area contributed by atoms with E-state index in [0.29, 0.717) is 25.1 Å². The molecule has 108 valence electrons. The Labute approximate surface area is 112 Å². The van der Waals surface area contributed by atoms with Gasteiger partial charge in [-0.25, -0.2) is 4.67 Å². The Morgan fingerprint density at radius 1 is 1.33 bits per heavy atom. The fraction of sp³-hybridized carbons (Fsp3) is 0.909. The number of hydrogen-bond donors (Lipinski definition) is 2. The maximum absolute atomic E-state index is 8.43. The molecule has 0 aliphatic heterocycles. The van der Waals surface area contributed by atoms with Crippen molar-refractivity contribution in [2.75, 3.05) is 20.8 Å². The monoisotopic (exact) mass is 278 g/mol. The van der Waals surface area contributed by atoms with Crippen LogP contribution in [0, 0.1) is 11.3 Å². The van der Waals surface area contributed by atoms with Crippen molar-refractivity contribution in [2.24, 2.45) is 5.84 Å². The fourth-order valence-electron chi connectivity index (χ4n) is 1.36. The summed E-state index contributed by atoms with van der Waals surface area (Å²) in [6.07, 6.45) is 0.409. The summed E-state index contributed by atoms with van der Waals surface area (Å²) >= 11 is 0. The van der Waals surface area contributed by atoms with Gasteiger partial charge in [0.1, 0.15) is 0 Å². The SMILES string of the molecule is CNN.COP(OCCC#N)N(C(C)C)C(C)C. The van der Waals surface area contributed by atoms with Crippen LogP contribution in [0.2, 0.25) is 0 Å². The minimum atomic E-state index is -1.03. The highest BCUT2D eigenvalue weighted by Gasteiger charge is 2.25. The van der Waals surface area contributed by atoms with E-state index in [1.165, 1.54) is 0 Å². The first-order valence-electron chi connectivity index (χ1n) is 5.95. The number of nitrogens with zero attached hydrogens (tertiary/aromatic N) is 2. The number of nitrogens with one attached hydrogen (secondary N) is 1. The normalized spacial score (nSPS) is 12.3. The van der Waals surface area contributed by atoms with Crippen molar-refractivity contribution >= 4 is 8.53 Å². The van der Waals surface area contributed by atoms with Crippen LogP contribution >= 0.6 is 8.53 Å². The van der Waals surface area contributed by atoms with Crippen molar-refractivity contribution in [1.29, 1.82) is 5.26 Å². The van der Waals surface area contributed by atoms with E-state index in [0.717, 1.165) is 0 Å². The Hall–Kier alpha value is -0.280. The molecule has 0 bridgehead atoms. The average Bonchev–Trinajstić information content (AvgIpc) is 2.27. The van der Waals surface area contributed by atoms with Crippen LogP contribution in [0.1, 0.15) is 34.1 Å². The Bertz CT molecular complexity index is 214. The number of nitriles is 1. The summed E-state index contributed by atoms with van der Waals surface area (Å²) in [4.78, 5) is 0. The molecule has 0 aromatic rings. The predicted molar refractivity (Wildman–Crippen MR) is 75.5 cm³/mol. The van der Waals surface area contributed by atoms with E-state index in [1.807, 2.05) is 0 Å². The smallest absolute Gasteiger partial charge is 0.258 e. The third-order valence-corrected chi connectivity index (χ3v) is 3.84. The van der Waals surface area contributed by atoms with Gasteiger partial charge in [-0.05, 0) is 34.7 Å². The van der Waals surface area contributed by atoms with Gasteiger partial charge in [0.15, 0.2) is 0 Å². The minimum Gasteiger partial charge on any atom is -0.325 e. The lowest BCUT2D eigenvalue weighted by Crippen LogP contribution is -2.33. The average molecular weight is 278 g/mol. The molecule has 0 saturated carbocycles. The Kier molecular flexibility index (Phi) is 14.7. The third kappa shape index (κ3) is 9.72. The first-order chi connectivity index (χ1) is 8.45. The van der Waals surface area contributed by atoms with Gasteiger partial charge in [0.2, 0.25) is 0 Å². The van der Waals surface area contributed by atoms with Crippen LogP contribution in [0.25, 0.3) is 0 Å². The molecule has 18 heavy (non-hydrogen) atoms. The van der Waals surface area contributed by atoms with E-state index >= 15 is 0 Å². The lowest BCUT2D eigenvalue weighted by Gasteiger charge is -2.34. The zero-order valence-corrected chi connectivity index (χ0v) is 13.2. The highest BCUT2D eigenvalue weighted by Crippen LogP contribution is 2.44. The van der Waals surface area contributed by atoms with Crippen molar-refractivity contribution < 1.29 is 9.05 Å². The topological polar surface area (TPSA) is 83.5 Å². The molecule has 0 aliphatic carbocycles. The lowest BCUT2D eigenvalue weighted by atomic mass is 10.3. The largest absolute Gasteiger partial charge is 0.325 e. The van der Waals surface area contributed by atoms with Crippen molar-refractivity contribution in [1.82, 2.24) is 10.1 Å². The van der Waals surface area contributed by atoms with Gasteiger partial charge in [-0.1, -0.05) is 0 Å². The molecule has 1 atom stereocenters. The van der Waals surface area contributed by atoms with Crippen LogP contribution in [0.15, 0.2) is 0 Å². The van der Waals surface area contributed by atoms with Gasteiger partial charge in [0, 0.05) is 19.2 Å². The van der Waals surface area contributed by atoms with Crippen molar-refractivity contribution in [2.45, 2.75) is 46.2 Å². The number of nitrogens with two attached hydrogens (primary N) is 1. The molecule has 0 amide bonds. The molecule has 0 spiro atoms. The van der Waals surface area contributed by atoms with Gasteiger partial charge in [-0.2, -0.15) is 5.26 Å². The summed E-state index contributed by atoms with van der Waals surface area (Å²) < 4.78 is 13.1. The van der Waals surface area contributed by atoms with Gasteiger partial charge in [-0.15, -0.1) is 0 Å².